The fraction of sp³-hybridized carbons (Fsp3) is 0.485. The summed E-state index contributed by atoms with van der Waals surface area (Å²) in [6.07, 6.45) is 5.00. The molecule has 0 spiro atoms. The van der Waals surface area contributed by atoms with Gasteiger partial charge in [-0.25, -0.2) is 0 Å². The predicted molar refractivity (Wildman–Crippen MR) is 162 cm³/mol. The van der Waals surface area contributed by atoms with Crippen LogP contribution in [0, 0.1) is 6.92 Å². The Bertz CT molecular complexity index is 1380. The molecule has 1 saturated heterocycles. The third-order valence-corrected chi connectivity index (χ3v) is 8.23. The summed E-state index contributed by atoms with van der Waals surface area (Å²) >= 11 is 0. The number of rotatable bonds is 5. The highest BCUT2D eigenvalue weighted by Crippen LogP contribution is 2.34. The number of carbonyl (C=O) groups is 2. The van der Waals surface area contributed by atoms with E-state index in [1.54, 1.807) is 21.0 Å². The van der Waals surface area contributed by atoms with E-state index in [1.165, 1.54) is 0 Å². The largest absolute Gasteiger partial charge is 0.496 e. The van der Waals surface area contributed by atoms with Crippen molar-refractivity contribution in [3.63, 3.8) is 0 Å². The highest BCUT2D eigenvalue weighted by atomic mass is 16.5. The van der Waals surface area contributed by atoms with Crippen LogP contribution in [0.2, 0.25) is 0 Å². The zero-order valence-corrected chi connectivity index (χ0v) is 25.1. The first-order chi connectivity index (χ1) is 20.5. The number of carbonyl (C=O) groups excluding carboxylic acids is 2. The molecule has 0 N–H and O–H groups in total. The third kappa shape index (κ3) is 6.85. The van der Waals surface area contributed by atoms with Crippen molar-refractivity contribution in [2.45, 2.75) is 59.0 Å². The quantitative estimate of drug-likeness (QED) is 0.400. The minimum Gasteiger partial charge on any atom is -0.496 e. The number of para-hydroxylation sites is 1. The summed E-state index contributed by atoms with van der Waals surface area (Å²) in [4.78, 5) is 33.5. The average molecular weight is 575 g/mol. The summed E-state index contributed by atoms with van der Waals surface area (Å²) in [5, 5.41) is 4.29. The maximum Gasteiger partial charge on any atom is 0.260 e. The number of aryl methyl sites for hydroxylation is 1. The molecule has 3 heterocycles. The standard InChI is InChI=1S/C33H42N4O5/c1-24-31(32(34-42-24)28-11-7-8-12-30(28)40-3)33(39)36-15-9-5-4-6-10-16-37(25(2)38)29-21-26(13-14-27(29)23-36)22-35-17-19-41-20-18-35/h7-8,11-14,21H,4-6,9-10,15-20,22-23H2,1-3H3. The molecule has 2 aliphatic rings. The summed E-state index contributed by atoms with van der Waals surface area (Å²) in [5.41, 5.74) is 4.63. The van der Waals surface area contributed by atoms with Crippen LogP contribution < -0.4 is 9.64 Å². The van der Waals surface area contributed by atoms with Crippen LogP contribution >= 0.6 is 0 Å². The first kappa shape index (κ1) is 29.8. The van der Waals surface area contributed by atoms with E-state index in [4.69, 9.17) is 14.0 Å². The van der Waals surface area contributed by atoms with Gasteiger partial charge < -0.3 is 23.8 Å². The lowest BCUT2D eigenvalue weighted by atomic mass is 10.0. The summed E-state index contributed by atoms with van der Waals surface area (Å²) in [7, 11) is 1.61. The van der Waals surface area contributed by atoms with E-state index in [-0.39, 0.29) is 11.8 Å². The van der Waals surface area contributed by atoms with Gasteiger partial charge in [0, 0.05) is 57.4 Å². The van der Waals surface area contributed by atoms with Gasteiger partial charge in [-0.1, -0.05) is 48.7 Å². The van der Waals surface area contributed by atoms with Crippen molar-refractivity contribution >= 4 is 17.5 Å². The van der Waals surface area contributed by atoms with E-state index in [0.717, 1.165) is 81.8 Å². The number of methoxy groups -OCH3 is 1. The molecule has 1 aromatic heterocycles. The van der Waals surface area contributed by atoms with E-state index < -0.39 is 0 Å². The van der Waals surface area contributed by atoms with Crippen molar-refractivity contribution in [2.24, 2.45) is 0 Å². The van der Waals surface area contributed by atoms with E-state index in [1.807, 2.05) is 34.1 Å². The highest BCUT2D eigenvalue weighted by molar-refractivity contribution is 6.01. The zero-order chi connectivity index (χ0) is 29.5. The molecule has 2 aromatic carbocycles. The van der Waals surface area contributed by atoms with Gasteiger partial charge in [-0.15, -0.1) is 0 Å². The number of benzene rings is 2. The lowest BCUT2D eigenvalue weighted by Gasteiger charge is -2.30. The van der Waals surface area contributed by atoms with Crippen molar-refractivity contribution in [1.82, 2.24) is 15.0 Å². The Balaban J connectivity index is 1.51. The Labute approximate surface area is 248 Å². The molecule has 42 heavy (non-hydrogen) atoms. The van der Waals surface area contributed by atoms with Crippen molar-refractivity contribution in [3.05, 3.63) is 64.9 Å². The average Bonchev–Trinajstić information content (AvgIpc) is 3.38. The van der Waals surface area contributed by atoms with Crippen LogP contribution in [-0.4, -0.2) is 73.3 Å². The molecule has 0 atom stereocenters. The number of amides is 2. The first-order valence-electron chi connectivity index (χ1n) is 15.0. The third-order valence-electron chi connectivity index (χ3n) is 8.23. The van der Waals surface area contributed by atoms with Crippen LogP contribution in [0.25, 0.3) is 11.3 Å². The molecule has 224 valence electrons. The maximum absolute atomic E-state index is 14.3. The van der Waals surface area contributed by atoms with Crippen LogP contribution in [0.4, 0.5) is 5.69 Å². The van der Waals surface area contributed by atoms with Crippen LogP contribution in [0.15, 0.2) is 47.0 Å². The summed E-state index contributed by atoms with van der Waals surface area (Å²) in [6, 6.07) is 13.9. The van der Waals surface area contributed by atoms with E-state index in [2.05, 4.69) is 28.3 Å². The molecule has 0 saturated carbocycles. The van der Waals surface area contributed by atoms with Crippen molar-refractivity contribution in [1.29, 1.82) is 0 Å². The Morgan fingerprint density at radius 1 is 0.952 bits per heavy atom. The number of aromatic nitrogens is 1. The number of fused-ring (bicyclic) bond motifs is 1. The highest BCUT2D eigenvalue weighted by Gasteiger charge is 2.29. The monoisotopic (exact) mass is 574 g/mol. The van der Waals surface area contributed by atoms with Gasteiger partial charge in [0.2, 0.25) is 5.91 Å². The number of nitrogens with zero attached hydrogens (tertiary/aromatic N) is 4. The molecule has 0 unspecified atom stereocenters. The molecule has 2 amide bonds. The van der Waals surface area contributed by atoms with Crippen LogP contribution in [0.1, 0.15) is 66.3 Å². The molecule has 3 aromatic rings. The lowest BCUT2D eigenvalue weighted by Crippen LogP contribution is -2.36. The van der Waals surface area contributed by atoms with Crippen molar-refractivity contribution in [3.8, 4) is 17.0 Å². The van der Waals surface area contributed by atoms with Gasteiger partial charge in [0.15, 0.2) is 0 Å². The molecule has 1 fully saturated rings. The van der Waals surface area contributed by atoms with Crippen molar-refractivity contribution < 1.29 is 23.6 Å². The smallest absolute Gasteiger partial charge is 0.260 e. The van der Waals surface area contributed by atoms with Crippen LogP contribution in [-0.2, 0) is 22.6 Å². The molecular weight excluding hydrogens is 532 g/mol. The lowest BCUT2D eigenvalue weighted by molar-refractivity contribution is -0.116. The van der Waals surface area contributed by atoms with E-state index >= 15 is 0 Å². The molecular formula is C33H42N4O5. The minimum absolute atomic E-state index is 0.0167. The fourth-order valence-corrected chi connectivity index (χ4v) is 5.92. The number of anilines is 1. The topological polar surface area (TPSA) is 88.4 Å². The second-order valence-electron chi connectivity index (χ2n) is 11.2. The molecule has 9 nitrogen and oxygen atoms in total. The Morgan fingerprint density at radius 3 is 2.45 bits per heavy atom. The van der Waals surface area contributed by atoms with Gasteiger partial charge in [-0.3, -0.25) is 14.5 Å². The Morgan fingerprint density at radius 2 is 1.69 bits per heavy atom. The summed E-state index contributed by atoms with van der Waals surface area (Å²) in [5.74, 6) is 0.981. The number of hydrogen-bond acceptors (Lipinski definition) is 7. The fourth-order valence-electron chi connectivity index (χ4n) is 5.92. The molecule has 0 bridgehead atoms. The van der Waals surface area contributed by atoms with Gasteiger partial charge >= 0.3 is 0 Å². The second kappa shape index (κ2) is 14.0. The molecule has 9 heteroatoms. The Kier molecular flexibility index (Phi) is 9.92. The van der Waals surface area contributed by atoms with E-state index in [0.29, 0.717) is 48.0 Å². The Hall–Kier alpha value is -3.69. The van der Waals surface area contributed by atoms with Gasteiger partial charge in [-0.2, -0.15) is 0 Å². The van der Waals surface area contributed by atoms with Gasteiger partial charge in [0.25, 0.3) is 5.91 Å². The molecule has 0 radical (unpaired) electrons. The number of hydrogen-bond donors (Lipinski definition) is 0. The SMILES string of the molecule is COc1ccccc1-c1noc(C)c1C(=O)N1CCCCCCCN(C(C)=O)c2cc(CN3CCOCC3)ccc2C1. The summed E-state index contributed by atoms with van der Waals surface area (Å²) in [6.45, 7) is 9.11. The normalized spacial score (nSPS) is 17.2. The van der Waals surface area contributed by atoms with Crippen LogP contribution in [0.5, 0.6) is 5.75 Å². The van der Waals surface area contributed by atoms with Gasteiger partial charge in [0.1, 0.15) is 22.8 Å². The van der Waals surface area contributed by atoms with Gasteiger partial charge in [0.05, 0.1) is 20.3 Å². The molecule has 0 aliphatic carbocycles. The number of ether oxygens (including phenoxy) is 2. The molecule has 5 rings (SSSR count). The second-order valence-corrected chi connectivity index (χ2v) is 11.2. The van der Waals surface area contributed by atoms with E-state index in [9.17, 15) is 9.59 Å². The minimum atomic E-state index is -0.135. The van der Waals surface area contributed by atoms with Gasteiger partial charge in [-0.05, 0) is 49.1 Å². The zero-order valence-electron chi connectivity index (χ0n) is 25.1. The van der Waals surface area contributed by atoms with Crippen molar-refractivity contribution in [2.75, 3.05) is 51.4 Å². The predicted octanol–water partition coefficient (Wildman–Crippen LogP) is 5.45. The molecule has 2 aliphatic heterocycles. The first-order valence-corrected chi connectivity index (χ1v) is 15.0. The maximum atomic E-state index is 14.3. The number of morpholine rings is 1. The van der Waals surface area contributed by atoms with Crippen LogP contribution in [0.3, 0.4) is 0 Å². The summed E-state index contributed by atoms with van der Waals surface area (Å²) < 4.78 is 16.7.